The minimum absolute atomic E-state index is 0.188. The van der Waals surface area contributed by atoms with Crippen molar-refractivity contribution in [1.29, 1.82) is 5.26 Å². The van der Waals surface area contributed by atoms with Gasteiger partial charge in [0.2, 0.25) is 0 Å². The van der Waals surface area contributed by atoms with E-state index in [4.69, 9.17) is 10.00 Å². The van der Waals surface area contributed by atoms with E-state index in [0.29, 0.717) is 5.25 Å². The lowest BCUT2D eigenvalue weighted by Crippen LogP contribution is -2.19. The molecule has 1 heterocycles. The Morgan fingerprint density at radius 1 is 1.58 bits per heavy atom. The van der Waals surface area contributed by atoms with Crippen LogP contribution in [0, 0.1) is 11.3 Å². The average molecular weight is 185 g/mol. The van der Waals surface area contributed by atoms with Crippen molar-refractivity contribution in [3.05, 3.63) is 0 Å². The second kappa shape index (κ2) is 5.45. The second-order valence-electron chi connectivity index (χ2n) is 2.97. The Morgan fingerprint density at radius 3 is 2.75 bits per heavy atom. The molecule has 2 nitrogen and oxygen atoms in total. The molecule has 0 bridgehead atoms. The van der Waals surface area contributed by atoms with Crippen LogP contribution in [0.3, 0.4) is 0 Å². The van der Waals surface area contributed by atoms with Crippen molar-refractivity contribution < 1.29 is 4.74 Å². The third-order valence-electron chi connectivity index (χ3n) is 2.04. The number of hydrogen-bond donors (Lipinski definition) is 0. The maximum Gasteiger partial charge on any atom is 0.0916 e. The summed E-state index contributed by atoms with van der Waals surface area (Å²) >= 11 is 1.82. The van der Waals surface area contributed by atoms with Gasteiger partial charge in [0.1, 0.15) is 0 Å². The molecule has 0 aliphatic carbocycles. The Hall–Kier alpha value is -0.200. The van der Waals surface area contributed by atoms with Crippen molar-refractivity contribution in [3.63, 3.8) is 0 Å². The van der Waals surface area contributed by atoms with Crippen LogP contribution in [0.4, 0.5) is 0 Å². The van der Waals surface area contributed by atoms with E-state index in [1.165, 1.54) is 0 Å². The van der Waals surface area contributed by atoms with Gasteiger partial charge >= 0.3 is 0 Å². The molecule has 0 N–H and O–H groups in total. The molecule has 1 saturated heterocycles. The van der Waals surface area contributed by atoms with Gasteiger partial charge in [0.05, 0.1) is 11.3 Å². The first kappa shape index (κ1) is 9.88. The zero-order valence-electron chi connectivity index (χ0n) is 7.45. The minimum atomic E-state index is 0.188. The van der Waals surface area contributed by atoms with Gasteiger partial charge in [-0.1, -0.05) is 6.92 Å². The second-order valence-corrected chi connectivity index (χ2v) is 4.48. The number of nitriles is 1. The van der Waals surface area contributed by atoms with Crippen LogP contribution in [0.15, 0.2) is 0 Å². The van der Waals surface area contributed by atoms with Crippen LogP contribution in [0.1, 0.15) is 26.2 Å². The normalized spacial score (nSPS) is 21.7. The van der Waals surface area contributed by atoms with E-state index >= 15 is 0 Å². The Labute approximate surface area is 78.3 Å². The van der Waals surface area contributed by atoms with Crippen LogP contribution in [0.5, 0.6) is 0 Å². The molecule has 0 spiro atoms. The molecule has 1 rings (SSSR count). The maximum atomic E-state index is 8.75. The first-order valence-corrected chi connectivity index (χ1v) is 5.44. The number of rotatable bonds is 3. The zero-order valence-corrected chi connectivity index (χ0v) is 8.27. The smallest absolute Gasteiger partial charge is 0.0916 e. The van der Waals surface area contributed by atoms with Gasteiger partial charge in [-0.2, -0.15) is 5.26 Å². The highest BCUT2D eigenvalue weighted by atomic mass is 32.2. The predicted molar refractivity (Wildman–Crippen MR) is 51.1 cm³/mol. The molecule has 1 atom stereocenters. The van der Waals surface area contributed by atoms with Gasteiger partial charge < -0.3 is 4.74 Å². The monoisotopic (exact) mass is 185 g/mol. The highest BCUT2D eigenvalue weighted by molar-refractivity contribution is 8.00. The summed E-state index contributed by atoms with van der Waals surface area (Å²) in [4.78, 5) is 0. The van der Waals surface area contributed by atoms with Gasteiger partial charge in [-0.3, -0.25) is 0 Å². The van der Waals surface area contributed by atoms with Crippen LogP contribution in [-0.2, 0) is 4.74 Å². The third-order valence-corrected chi connectivity index (χ3v) is 3.66. The molecular formula is C9H15NOS. The largest absolute Gasteiger partial charge is 0.381 e. The van der Waals surface area contributed by atoms with E-state index in [1.54, 1.807) is 0 Å². The molecular weight excluding hydrogens is 170 g/mol. The molecule has 1 fully saturated rings. The summed E-state index contributed by atoms with van der Waals surface area (Å²) in [7, 11) is 0. The van der Waals surface area contributed by atoms with Crippen LogP contribution < -0.4 is 0 Å². The highest BCUT2D eigenvalue weighted by Gasteiger charge is 2.18. The van der Waals surface area contributed by atoms with E-state index in [-0.39, 0.29) is 5.25 Å². The lowest BCUT2D eigenvalue weighted by Gasteiger charge is -2.22. The molecule has 0 amide bonds. The number of thioether (sulfide) groups is 1. The van der Waals surface area contributed by atoms with Gasteiger partial charge in [-0.15, -0.1) is 11.8 Å². The van der Waals surface area contributed by atoms with Crippen molar-refractivity contribution in [3.8, 4) is 6.07 Å². The van der Waals surface area contributed by atoms with Crippen LogP contribution in [0.25, 0.3) is 0 Å². The molecule has 1 aliphatic rings. The SMILES string of the molecule is CCC(C#N)SC1CCOCC1. The molecule has 12 heavy (non-hydrogen) atoms. The first-order chi connectivity index (χ1) is 5.86. The number of nitrogens with zero attached hydrogens (tertiary/aromatic N) is 1. The topological polar surface area (TPSA) is 33.0 Å². The lowest BCUT2D eigenvalue weighted by molar-refractivity contribution is 0.1000. The summed E-state index contributed by atoms with van der Waals surface area (Å²) in [5, 5.41) is 9.60. The average Bonchev–Trinajstić information content (AvgIpc) is 2.16. The standard InChI is InChI=1S/C9H15NOS/c1-2-8(7-10)12-9-3-5-11-6-4-9/h8-9H,2-6H2,1H3. The minimum Gasteiger partial charge on any atom is -0.381 e. The van der Waals surface area contributed by atoms with Crippen molar-refractivity contribution in [1.82, 2.24) is 0 Å². The van der Waals surface area contributed by atoms with E-state index in [1.807, 2.05) is 11.8 Å². The highest BCUT2D eigenvalue weighted by Crippen LogP contribution is 2.27. The number of hydrogen-bond acceptors (Lipinski definition) is 3. The van der Waals surface area contributed by atoms with Crippen molar-refractivity contribution in [2.24, 2.45) is 0 Å². The zero-order chi connectivity index (χ0) is 8.81. The van der Waals surface area contributed by atoms with Crippen molar-refractivity contribution >= 4 is 11.8 Å². The summed E-state index contributed by atoms with van der Waals surface area (Å²) in [5.74, 6) is 0. The summed E-state index contributed by atoms with van der Waals surface area (Å²) < 4.78 is 5.25. The fourth-order valence-electron chi connectivity index (χ4n) is 1.26. The van der Waals surface area contributed by atoms with E-state index in [0.717, 1.165) is 32.5 Å². The molecule has 0 radical (unpaired) electrons. The van der Waals surface area contributed by atoms with Gasteiger partial charge in [0.25, 0.3) is 0 Å². The number of ether oxygens (including phenoxy) is 1. The van der Waals surface area contributed by atoms with Gasteiger partial charge in [-0.05, 0) is 19.3 Å². The lowest BCUT2D eigenvalue weighted by atomic mass is 10.2. The van der Waals surface area contributed by atoms with Crippen LogP contribution >= 0.6 is 11.8 Å². The third kappa shape index (κ3) is 3.04. The van der Waals surface area contributed by atoms with E-state index < -0.39 is 0 Å². The Morgan fingerprint density at radius 2 is 2.25 bits per heavy atom. The van der Waals surface area contributed by atoms with Gasteiger partial charge in [-0.25, -0.2) is 0 Å². The molecule has 0 aromatic heterocycles. The fraction of sp³-hybridized carbons (Fsp3) is 0.889. The van der Waals surface area contributed by atoms with Gasteiger partial charge in [0.15, 0.2) is 0 Å². The maximum absolute atomic E-state index is 8.75. The summed E-state index contributed by atoms with van der Waals surface area (Å²) in [6, 6.07) is 2.32. The van der Waals surface area contributed by atoms with Crippen molar-refractivity contribution in [2.75, 3.05) is 13.2 Å². The van der Waals surface area contributed by atoms with E-state index in [9.17, 15) is 0 Å². The molecule has 1 unspecified atom stereocenters. The van der Waals surface area contributed by atoms with Gasteiger partial charge in [0, 0.05) is 18.5 Å². The van der Waals surface area contributed by atoms with Crippen LogP contribution in [0.2, 0.25) is 0 Å². The molecule has 0 saturated carbocycles. The molecule has 3 heteroatoms. The Kier molecular flexibility index (Phi) is 4.49. The van der Waals surface area contributed by atoms with E-state index in [2.05, 4.69) is 13.0 Å². The van der Waals surface area contributed by atoms with Crippen molar-refractivity contribution in [2.45, 2.75) is 36.7 Å². The first-order valence-electron chi connectivity index (χ1n) is 4.49. The fourth-order valence-corrected chi connectivity index (χ4v) is 2.44. The molecule has 0 aromatic rings. The molecule has 0 aromatic carbocycles. The quantitative estimate of drug-likeness (QED) is 0.675. The molecule has 1 aliphatic heterocycles. The summed E-state index contributed by atoms with van der Waals surface area (Å²) in [6.07, 6.45) is 3.18. The Bertz CT molecular complexity index is 160. The summed E-state index contributed by atoms with van der Waals surface area (Å²) in [5.41, 5.74) is 0. The Balaban J connectivity index is 2.24. The van der Waals surface area contributed by atoms with Crippen LogP contribution in [-0.4, -0.2) is 23.7 Å². The predicted octanol–water partition coefficient (Wildman–Crippen LogP) is 2.20. The molecule has 68 valence electrons. The summed E-state index contributed by atoms with van der Waals surface area (Å²) in [6.45, 7) is 3.82.